The fraction of sp³-hybridized carbons (Fsp3) is 0.185. The molecule has 0 unspecified atom stereocenters. The highest BCUT2D eigenvalue weighted by Crippen LogP contribution is 2.36. The second-order valence-electron chi connectivity index (χ2n) is 8.10. The van der Waals surface area contributed by atoms with Gasteiger partial charge in [-0.2, -0.15) is 0 Å². The Morgan fingerprint density at radius 2 is 1.45 bits per heavy atom. The molecule has 4 nitrogen and oxygen atoms in total. The number of aryl methyl sites for hydroxylation is 2. The van der Waals surface area contributed by atoms with Crippen molar-refractivity contribution in [3.63, 3.8) is 0 Å². The third-order valence-corrected chi connectivity index (χ3v) is 5.86. The number of hydrogen-bond acceptors (Lipinski definition) is 3. The third-order valence-electron chi connectivity index (χ3n) is 5.86. The zero-order valence-corrected chi connectivity index (χ0v) is 18.3. The van der Waals surface area contributed by atoms with Gasteiger partial charge >= 0.3 is 0 Å². The van der Waals surface area contributed by atoms with Gasteiger partial charge in [-0.3, -0.25) is 9.59 Å². The number of amides is 2. The summed E-state index contributed by atoms with van der Waals surface area (Å²) in [7, 11) is 1.87. The lowest BCUT2D eigenvalue weighted by molar-refractivity contribution is -0.120. The van der Waals surface area contributed by atoms with Crippen molar-refractivity contribution in [2.75, 3.05) is 11.9 Å². The first kappa shape index (κ1) is 20.6. The average Bonchev–Trinajstić information content (AvgIpc) is 3.02. The topological polar surface area (TPSA) is 40.6 Å². The molecular weight excluding hydrogens is 384 g/mol. The van der Waals surface area contributed by atoms with Crippen molar-refractivity contribution in [2.45, 2.75) is 27.3 Å². The maximum absolute atomic E-state index is 13.7. The van der Waals surface area contributed by atoms with E-state index < -0.39 is 0 Å². The van der Waals surface area contributed by atoms with Gasteiger partial charge in [0.25, 0.3) is 11.8 Å². The Balaban J connectivity index is 1.83. The van der Waals surface area contributed by atoms with Crippen LogP contribution in [-0.2, 0) is 16.1 Å². The average molecular weight is 411 g/mol. The van der Waals surface area contributed by atoms with Crippen LogP contribution in [0.1, 0.15) is 27.8 Å². The zero-order chi connectivity index (χ0) is 22.1. The van der Waals surface area contributed by atoms with E-state index in [0.29, 0.717) is 23.5 Å². The van der Waals surface area contributed by atoms with Crippen molar-refractivity contribution in [1.82, 2.24) is 4.90 Å². The van der Waals surface area contributed by atoms with Crippen molar-refractivity contribution in [3.05, 3.63) is 106 Å². The van der Waals surface area contributed by atoms with Gasteiger partial charge in [-0.05, 0) is 49.1 Å². The van der Waals surface area contributed by atoms with Crippen LogP contribution in [-0.4, -0.2) is 23.8 Å². The molecule has 0 N–H and O–H groups in total. The summed E-state index contributed by atoms with van der Waals surface area (Å²) in [5.41, 5.74) is 6.43. The Labute approximate surface area is 183 Å². The highest BCUT2D eigenvalue weighted by Gasteiger charge is 2.42. The van der Waals surface area contributed by atoms with Crippen molar-refractivity contribution < 1.29 is 9.59 Å². The van der Waals surface area contributed by atoms with E-state index in [1.807, 2.05) is 106 Å². The molecule has 1 aliphatic rings. The van der Waals surface area contributed by atoms with E-state index >= 15 is 0 Å². The lowest BCUT2D eigenvalue weighted by Gasteiger charge is -2.22. The summed E-state index contributed by atoms with van der Waals surface area (Å²) in [4.78, 5) is 30.5. The molecule has 0 aromatic heterocycles. The van der Waals surface area contributed by atoms with E-state index in [0.717, 1.165) is 27.8 Å². The Bertz CT molecular complexity index is 1180. The normalized spacial score (nSPS) is 13.9. The van der Waals surface area contributed by atoms with Crippen molar-refractivity contribution >= 4 is 23.1 Å². The Morgan fingerprint density at radius 1 is 0.774 bits per heavy atom. The summed E-state index contributed by atoms with van der Waals surface area (Å²) in [6, 6.07) is 23.4. The largest absolute Gasteiger partial charge is 0.365 e. The first-order valence-corrected chi connectivity index (χ1v) is 10.4. The van der Waals surface area contributed by atoms with E-state index in [1.54, 1.807) is 0 Å². The molecule has 4 heteroatoms. The molecule has 0 aliphatic carbocycles. The number of carbonyl (C=O) groups is 2. The number of benzene rings is 3. The number of hydrogen-bond donors (Lipinski definition) is 0. The van der Waals surface area contributed by atoms with Crippen molar-refractivity contribution in [1.29, 1.82) is 0 Å². The molecule has 1 heterocycles. The van der Waals surface area contributed by atoms with Gasteiger partial charge in [0, 0.05) is 13.6 Å². The van der Waals surface area contributed by atoms with E-state index in [9.17, 15) is 9.59 Å². The van der Waals surface area contributed by atoms with E-state index in [1.165, 1.54) is 4.90 Å². The van der Waals surface area contributed by atoms with Crippen LogP contribution in [0.2, 0.25) is 0 Å². The molecule has 0 fully saturated rings. The molecule has 31 heavy (non-hydrogen) atoms. The summed E-state index contributed by atoms with van der Waals surface area (Å²) in [6.45, 7) is 6.47. The standard InChI is InChI=1S/C27H26N2O2/c1-18-13-15-22(16-14-18)24-25(28(4)17-21-10-6-5-7-11-21)27(31)29(26(24)30)23-12-8-9-19(2)20(23)3/h5-16H,17H2,1-4H3. The maximum Gasteiger partial charge on any atom is 0.282 e. The zero-order valence-electron chi connectivity index (χ0n) is 18.3. The molecule has 4 rings (SSSR count). The van der Waals surface area contributed by atoms with Crippen LogP contribution in [0.15, 0.2) is 78.5 Å². The first-order chi connectivity index (χ1) is 14.9. The summed E-state index contributed by atoms with van der Waals surface area (Å²) >= 11 is 0. The molecule has 156 valence electrons. The molecule has 3 aromatic carbocycles. The predicted molar refractivity (Wildman–Crippen MR) is 124 cm³/mol. The fourth-order valence-corrected chi connectivity index (χ4v) is 3.99. The predicted octanol–water partition coefficient (Wildman–Crippen LogP) is 5.03. The number of rotatable bonds is 5. The molecule has 0 radical (unpaired) electrons. The number of carbonyl (C=O) groups excluding carboxylic acids is 2. The van der Waals surface area contributed by atoms with E-state index in [2.05, 4.69) is 0 Å². The van der Waals surface area contributed by atoms with Crippen LogP contribution in [0.4, 0.5) is 5.69 Å². The second-order valence-corrected chi connectivity index (χ2v) is 8.10. The third kappa shape index (κ3) is 3.77. The Kier molecular flexibility index (Phi) is 5.47. The van der Waals surface area contributed by atoms with Crippen LogP contribution < -0.4 is 4.90 Å². The Morgan fingerprint density at radius 3 is 2.13 bits per heavy atom. The minimum absolute atomic E-state index is 0.280. The summed E-state index contributed by atoms with van der Waals surface area (Å²) in [6.07, 6.45) is 0. The van der Waals surface area contributed by atoms with Crippen LogP contribution in [0, 0.1) is 20.8 Å². The molecule has 2 amide bonds. The van der Waals surface area contributed by atoms with Gasteiger partial charge < -0.3 is 4.90 Å². The summed E-state index contributed by atoms with van der Waals surface area (Å²) in [5, 5.41) is 0. The lowest BCUT2D eigenvalue weighted by atomic mass is 10.0. The Hall–Kier alpha value is -3.66. The highest BCUT2D eigenvalue weighted by molar-refractivity contribution is 6.45. The molecule has 1 aliphatic heterocycles. The molecule has 0 atom stereocenters. The van der Waals surface area contributed by atoms with Crippen molar-refractivity contribution in [2.24, 2.45) is 0 Å². The smallest absolute Gasteiger partial charge is 0.282 e. The van der Waals surface area contributed by atoms with Crippen LogP contribution in [0.25, 0.3) is 5.57 Å². The summed E-state index contributed by atoms with van der Waals surface area (Å²) in [5.74, 6) is -0.565. The first-order valence-electron chi connectivity index (χ1n) is 10.4. The van der Waals surface area contributed by atoms with Gasteiger partial charge in [0.2, 0.25) is 0 Å². The highest BCUT2D eigenvalue weighted by atomic mass is 16.2. The number of nitrogens with zero attached hydrogens (tertiary/aromatic N) is 2. The fourth-order valence-electron chi connectivity index (χ4n) is 3.99. The SMILES string of the molecule is Cc1ccc(C2=C(N(C)Cc3ccccc3)C(=O)N(c3cccc(C)c3C)C2=O)cc1. The van der Waals surface area contributed by atoms with Gasteiger partial charge in [0.15, 0.2) is 0 Å². The van der Waals surface area contributed by atoms with Crippen LogP contribution in [0.5, 0.6) is 0 Å². The van der Waals surface area contributed by atoms with Crippen LogP contribution >= 0.6 is 0 Å². The monoisotopic (exact) mass is 410 g/mol. The van der Waals surface area contributed by atoms with Gasteiger partial charge in [-0.15, -0.1) is 0 Å². The maximum atomic E-state index is 13.7. The van der Waals surface area contributed by atoms with E-state index in [-0.39, 0.29) is 11.8 Å². The number of anilines is 1. The van der Waals surface area contributed by atoms with Gasteiger partial charge in [-0.1, -0.05) is 72.3 Å². The molecule has 3 aromatic rings. The summed E-state index contributed by atoms with van der Waals surface area (Å²) < 4.78 is 0. The molecule has 0 bridgehead atoms. The quantitative estimate of drug-likeness (QED) is 0.554. The second kappa shape index (κ2) is 8.23. The van der Waals surface area contributed by atoms with Gasteiger partial charge in [0.05, 0.1) is 11.3 Å². The molecule has 0 spiro atoms. The molecule has 0 saturated carbocycles. The minimum atomic E-state index is -0.285. The van der Waals surface area contributed by atoms with Gasteiger partial charge in [0.1, 0.15) is 5.70 Å². The number of likely N-dealkylation sites (N-methyl/N-ethyl adjacent to an activating group) is 1. The lowest BCUT2D eigenvalue weighted by Crippen LogP contribution is -2.34. The minimum Gasteiger partial charge on any atom is -0.365 e. The van der Waals surface area contributed by atoms with Gasteiger partial charge in [-0.25, -0.2) is 4.90 Å². The number of imide groups is 1. The van der Waals surface area contributed by atoms with Crippen molar-refractivity contribution in [3.8, 4) is 0 Å². The molecular formula is C27H26N2O2. The molecule has 0 saturated heterocycles. The van der Waals surface area contributed by atoms with E-state index in [4.69, 9.17) is 0 Å². The van der Waals surface area contributed by atoms with Crippen LogP contribution in [0.3, 0.4) is 0 Å².